The van der Waals surface area contributed by atoms with Gasteiger partial charge in [-0.2, -0.15) is 26.3 Å². The van der Waals surface area contributed by atoms with Crippen LogP contribution in [0.5, 0.6) is 5.75 Å². The summed E-state index contributed by atoms with van der Waals surface area (Å²) in [5, 5.41) is 27.5. The Morgan fingerprint density at radius 3 is 1.94 bits per heavy atom. The molecule has 0 aliphatic carbocycles. The lowest BCUT2D eigenvalue weighted by atomic mass is 9.96. The molecule has 18 heteroatoms. The number of amides is 2. The predicted molar refractivity (Wildman–Crippen MR) is 165 cm³/mol. The van der Waals surface area contributed by atoms with E-state index in [-0.39, 0.29) is 11.3 Å². The Labute approximate surface area is 282 Å². The molecule has 1 aliphatic rings. The van der Waals surface area contributed by atoms with E-state index >= 15 is 0 Å². The van der Waals surface area contributed by atoms with Crippen molar-refractivity contribution in [1.82, 2.24) is 20.7 Å². The minimum Gasteiger partial charge on any atom is -0.489 e. The average molecular weight is 719 g/mol. The second kappa shape index (κ2) is 17.1. The van der Waals surface area contributed by atoms with Crippen molar-refractivity contribution in [2.75, 3.05) is 19.6 Å². The molecular weight excluding hydrogens is 682 g/mol. The third-order valence-corrected chi connectivity index (χ3v) is 6.78. The lowest BCUT2D eigenvalue weighted by Gasteiger charge is -2.26. The normalized spacial score (nSPS) is 16.3. The van der Waals surface area contributed by atoms with Crippen LogP contribution in [-0.4, -0.2) is 87.1 Å². The van der Waals surface area contributed by atoms with E-state index in [1.165, 1.54) is 0 Å². The first-order chi connectivity index (χ1) is 23.0. The van der Waals surface area contributed by atoms with E-state index in [0.717, 1.165) is 28.7 Å². The summed E-state index contributed by atoms with van der Waals surface area (Å²) in [7, 11) is 0. The van der Waals surface area contributed by atoms with Crippen molar-refractivity contribution < 1.29 is 65.7 Å². The van der Waals surface area contributed by atoms with Gasteiger partial charge in [0.2, 0.25) is 5.91 Å². The van der Waals surface area contributed by atoms with E-state index in [9.17, 15) is 41.1 Å². The number of nitrogens with zero attached hydrogens (tertiary/aromatic N) is 2. The van der Waals surface area contributed by atoms with Crippen molar-refractivity contribution in [3.63, 3.8) is 0 Å². The van der Waals surface area contributed by atoms with E-state index < -0.39 is 42.2 Å². The van der Waals surface area contributed by atoms with Crippen LogP contribution in [0.2, 0.25) is 0 Å². The first-order valence-corrected chi connectivity index (χ1v) is 14.7. The van der Waals surface area contributed by atoms with Gasteiger partial charge in [0.15, 0.2) is 0 Å². The van der Waals surface area contributed by atoms with Gasteiger partial charge in [-0.25, -0.2) is 15.1 Å². The first-order valence-electron chi connectivity index (χ1n) is 14.7. The first kappa shape index (κ1) is 41.2. The number of aromatic nitrogens is 1. The minimum atomic E-state index is -5.08. The molecule has 2 amide bonds. The maximum absolute atomic E-state index is 13.0. The molecule has 2 aromatic carbocycles. The number of hydrogen-bond donors (Lipinski definition) is 5. The fourth-order valence-electron chi connectivity index (χ4n) is 4.81. The Kier molecular flexibility index (Phi) is 14.1. The lowest BCUT2D eigenvalue weighted by molar-refractivity contribution is -0.193. The van der Waals surface area contributed by atoms with Crippen LogP contribution in [0.4, 0.5) is 26.3 Å². The SMILES string of the molecule is Cc1cc(COc2ccc(C(=O)N[C@@H]3CN(CC(C)(C)C)C[C@@H]3C(=O)NO)cc2)c2ccccc2n1.O=C(O)C(F)(F)F.O=C(O)C(F)(F)F. The molecule has 3 aromatic rings. The van der Waals surface area contributed by atoms with E-state index in [1.807, 2.05) is 37.3 Å². The molecule has 0 spiro atoms. The maximum atomic E-state index is 13.0. The largest absolute Gasteiger partial charge is 0.490 e. The number of fused-ring (bicyclic) bond motifs is 1. The summed E-state index contributed by atoms with van der Waals surface area (Å²) in [5.74, 6) is -6.14. The van der Waals surface area contributed by atoms with Gasteiger partial charge >= 0.3 is 24.3 Å². The number of likely N-dealkylation sites (tertiary alicyclic amines) is 1. The summed E-state index contributed by atoms with van der Waals surface area (Å²) in [6, 6.07) is 16.6. The molecule has 1 aliphatic heterocycles. The number of carbonyl (C=O) groups is 4. The molecular formula is C32H36F6N4O8. The highest BCUT2D eigenvalue weighted by Gasteiger charge is 2.40. The zero-order valence-corrected chi connectivity index (χ0v) is 27.2. The van der Waals surface area contributed by atoms with Crippen LogP contribution in [0, 0.1) is 18.3 Å². The molecule has 1 aromatic heterocycles. The Bertz CT molecular complexity index is 1620. The number of nitrogens with one attached hydrogen (secondary N) is 2. The number of carboxylic acids is 2. The molecule has 50 heavy (non-hydrogen) atoms. The fourth-order valence-corrected chi connectivity index (χ4v) is 4.81. The number of aryl methyl sites for hydroxylation is 1. The van der Waals surface area contributed by atoms with Gasteiger partial charge in [-0.05, 0) is 48.7 Å². The van der Waals surface area contributed by atoms with Gasteiger partial charge in [-0.15, -0.1) is 0 Å². The fraction of sp³-hybridized carbons (Fsp3) is 0.406. The number of carbonyl (C=O) groups excluding carboxylic acids is 2. The van der Waals surface area contributed by atoms with Crippen LogP contribution in [0.3, 0.4) is 0 Å². The van der Waals surface area contributed by atoms with Crippen LogP contribution in [-0.2, 0) is 21.0 Å². The third kappa shape index (κ3) is 13.1. The van der Waals surface area contributed by atoms with E-state index in [2.05, 4.69) is 36.0 Å². The number of halogens is 6. The van der Waals surface area contributed by atoms with Crippen LogP contribution in [0.15, 0.2) is 54.6 Å². The van der Waals surface area contributed by atoms with Crippen LogP contribution >= 0.6 is 0 Å². The van der Waals surface area contributed by atoms with Gasteiger partial charge in [-0.1, -0.05) is 39.0 Å². The number of carboxylic acid groups (broad SMARTS) is 2. The zero-order valence-electron chi connectivity index (χ0n) is 27.2. The Morgan fingerprint density at radius 2 is 1.44 bits per heavy atom. The van der Waals surface area contributed by atoms with Crippen molar-refractivity contribution in [3.8, 4) is 5.75 Å². The van der Waals surface area contributed by atoms with Crippen LogP contribution in [0.25, 0.3) is 10.9 Å². The summed E-state index contributed by atoms with van der Waals surface area (Å²) in [6.07, 6.45) is -10.2. The number of pyridine rings is 1. The molecule has 4 rings (SSSR count). The topological polar surface area (TPSA) is 178 Å². The van der Waals surface area contributed by atoms with Gasteiger partial charge in [-0.3, -0.25) is 24.7 Å². The smallest absolute Gasteiger partial charge is 0.489 e. The van der Waals surface area contributed by atoms with Gasteiger partial charge in [0.25, 0.3) is 5.91 Å². The number of benzene rings is 2. The maximum Gasteiger partial charge on any atom is 0.490 e. The lowest BCUT2D eigenvalue weighted by Crippen LogP contribution is -2.45. The number of aliphatic carboxylic acids is 2. The average Bonchev–Trinajstić information content (AvgIpc) is 3.39. The summed E-state index contributed by atoms with van der Waals surface area (Å²) < 4.78 is 69.5. The minimum absolute atomic E-state index is 0.0518. The highest BCUT2D eigenvalue weighted by molar-refractivity contribution is 5.95. The highest BCUT2D eigenvalue weighted by atomic mass is 19.4. The monoisotopic (exact) mass is 718 g/mol. The summed E-state index contributed by atoms with van der Waals surface area (Å²) in [5.41, 5.74) is 5.19. The molecule has 274 valence electrons. The number of hydroxylamine groups is 1. The van der Waals surface area contributed by atoms with E-state index in [1.54, 1.807) is 29.7 Å². The Hall–Kier alpha value is -4.97. The number of hydrogen-bond acceptors (Lipinski definition) is 8. The standard InChI is InChI=1S/C28H34N4O4.2C2HF3O2/c1-18-13-20(22-7-5-6-8-24(22)29-18)16-36-21-11-9-19(10-12-21)26(33)30-25-15-32(17-28(2,3)4)14-23(25)27(34)31-35;2*3-2(4,5)1(6)7/h5-13,23,25,35H,14-17H2,1-4H3,(H,30,33)(H,31,34);2*(H,6,7)/t23-,25+;;/m0../s1. The van der Waals surface area contributed by atoms with Crippen molar-refractivity contribution in [2.45, 2.75) is 52.7 Å². The number of rotatable bonds is 7. The molecule has 0 bridgehead atoms. The number of ether oxygens (including phenoxy) is 1. The van der Waals surface area contributed by atoms with Crippen molar-refractivity contribution in [2.24, 2.45) is 11.3 Å². The molecule has 0 unspecified atom stereocenters. The van der Waals surface area contributed by atoms with Crippen LogP contribution in [0.1, 0.15) is 42.4 Å². The number of alkyl halides is 6. The van der Waals surface area contributed by atoms with Crippen molar-refractivity contribution in [3.05, 3.63) is 71.4 Å². The highest BCUT2D eigenvalue weighted by Crippen LogP contribution is 2.25. The van der Waals surface area contributed by atoms with Crippen LogP contribution < -0.4 is 15.5 Å². The molecule has 2 atom stereocenters. The molecule has 1 saturated heterocycles. The second-order valence-corrected chi connectivity index (χ2v) is 12.3. The third-order valence-electron chi connectivity index (χ3n) is 6.78. The molecule has 5 N–H and O–H groups in total. The molecule has 2 heterocycles. The second-order valence-electron chi connectivity index (χ2n) is 12.3. The molecule has 1 fully saturated rings. The Morgan fingerprint density at radius 1 is 0.900 bits per heavy atom. The summed E-state index contributed by atoms with van der Waals surface area (Å²) in [6.45, 7) is 10.5. The molecule has 0 saturated carbocycles. The summed E-state index contributed by atoms with van der Waals surface area (Å²) >= 11 is 0. The van der Waals surface area contributed by atoms with Gasteiger partial charge in [0.1, 0.15) is 12.4 Å². The molecule has 0 radical (unpaired) electrons. The zero-order chi connectivity index (χ0) is 38.0. The van der Waals surface area contributed by atoms with Crippen molar-refractivity contribution >= 4 is 34.7 Å². The van der Waals surface area contributed by atoms with Gasteiger partial charge in [0, 0.05) is 41.8 Å². The Balaban J connectivity index is 0.000000521. The number of para-hydroxylation sites is 1. The van der Waals surface area contributed by atoms with Gasteiger partial charge in [0.05, 0.1) is 17.5 Å². The predicted octanol–water partition coefficient (Wildman–Crippen LogP) is 4.97. The van der Waals surface area contributed by atoms with Gasteiger partial charge < -0.3 is 20.3 Å². The van der Waals surface area contributed by atoms with E-state index in [4.69, 9.17) is 24.5 Å². The van der Waals surface area contributed by atoms with E-state index in [0.29, 0.717) is 31.0 Å². The van der Waals surface area contributed by atoms with Crippen molar-refractivity contribution in [1.29, 1.82) is 0 Å². The molecule has 12 nitrogen and oxygen atoms in total. The quantitative estimate of drug-likeness (QED) is 0.127. The summed E-state index contributed by atoms with van der Waals surface area (Å²) in [4.78, 5) is 49.7.